The maximum Gasteiger partial charge on any atom is 0.276 e. The van der Waals surface area contributed by atoms with Crippen molar-refractivity contribution in [2.75, 3.05) is 6.26 Å². The van der Waals surface area contributed by atoms with Gasteiger partial charge in [-0.1, -0.05) is 29.8 Å². The van der Waals surface area contributed by atoms with Gasteiger partial charge in [-0.25, -0.2) is 8.42 Å². The van der Waals surface area contributed by atoms with Crippen LogP contribution in [0.3, 0.4) is 0 Å². The van der Waals surface area contributed by atoms with Crippen LogP contribution >= 0.6 is 0 Å². The molecule has 0 aliphatic heterocycles. The zero-order valence-corrected chi connectivity index (χ0v) is 8.26. The van der Waals surface area contributed by atoms with Crippen molar-refractivity contribution in [1.29, 1.82) is 0 Å². The van der Waals surface area contributed by atoms with Crippen molar-refractivity contribution in [3.63, 3.8) is 0 Å². The van der Waals surface area contributed by atoms with Crippen molar-refractivity contribution >= 4 is 15.0 Å². The van der Waals surface area contributed by atoms with Gasteiger partial charge in [0.1, 0.15) is 0 Å². The van der Waals surface area contributed by atoms with Gasteiger partial charge in [-0.2, -0.15) is 0 Å². The quantitative estimate of drug-likeness (QED) is 0.680. The highest BCUT2D eigenvalue weighted by atomic mass is 32.2. The largest absolute Gasteiger partial charge is 0.276 e. The first-order chi connectivity index (χ1) is 5.91. The van der Waals surface area contributed by atoms with Crippen LogP contribution in [0.4, 0.5) is 0 Å². The van der Waals surface area contributed by atoms with E-state index in [0.717, 1.165) is 11.8 Å². The van der Waals surface area contributed by atoms with Gasteiger partial charge >= 0.3 is 0 Å². The molecule has 0 aromatic heterocycles. The van der Waals surface area contributed by atoms with Crippen molar-refractivity contribution in [3.8, 4) is 0 Å². The Balaban J connectivity index is 3.12. The van der Waals surface area contributed by atoms with E-state index in [2.05, 4.69) is 0 Å². The minimum absolute atomic E-state index is 0.216. The summed E-state index contributed by atoms with van der Waals surface area (Å²) in [4.78, 5) is 11.2. The number of rotatable bonds is 1. The lowest BCUT2D eigenvalue weighted by molar-refractivity contribution is 0.107. The van der Waals surface area contributed by atoms with E-state index in [1.54, 1.807) is 12.1 Å². The topological polar surface area (TPSA) is 51.2 Å². The molecule has 1 aromatic rings. The molecule has 0 spiro atoms. The number of hydrogen-bond donors (Lipinski definition) is 0. The number of aryl methyl sites for hydroxylation is 1. The zero-order chi connectivity index (χ0) is 10.1. The van der Waals surface area contributed by atoms with Crippen LogP contribution in [-0.4, -0.2) is 19.8 Å². The smallest absolute Gasteiger partial charge is 0.276 e. The van der Waals surface area contributed by atoms with E-state index in [9.17, 15) is 13.2 Å². The Hall–Kier alpha value is -1.16. The molecule has 0 saturated carbocycles. The molecular weight excluding hydrogens is 188 g/mol. The Bertz CT molecular complexity index is 415. The standard InChI is InChI=1S/C9H10O3S/c1-7-3-5-8(6-4-7)9(10)13(2,11)12/h3-6H,1-2H3. The van der Waals surface area contributed by atoms with Crippen LogP contribution in [0.5, 0.6) is 0 Å². The molecule has 1 aromatic carbocycles. The molecule has 0 fully saturated rings. The number of sulfone groups is 1. The molecule has 70 valence electrons. The molecule has 4 heteroatoms. The van der Waals surface area contributed by atoms with Gasteiger partial charge in [0, 0.05) is 11.8 Å². The van der Waals surface area contributed by atoms with Gasteiger partial charge in [-0.15, -0.1) is 0 Å². The Morgan fingerprint density at radius 2 is 1.62 bits per heavy atom. The fourth-order valence-corrected chi connectivity index (χ4v) is 1.47. The average Bonchev–Trinajstić information content (AvgIpc) is 2.03. The van der Waals surface area contributed by atoms with Gasteiger partial charge in [-0.05, 0) is 6.92 Å². The Labute approximate surface area is 77.3 Å². The number of carbonyl (C=O) groups is 1. The van der Waals surface area contributed by atoms with Gasteiger partial charge in [0.25, 0.3) is 5.12 Å². The molecule has 3 nitrogen and oxygen atoms in total. The number of hydrogen-bond acceptors (Lipinski definition) is 3. The van der Waals surface area contributed by atoms with Crippen molar-refractivity contribution in [2.24, 2.45) is 0 Å². The molecular formula is C9H10O3S. The first kappa shape index (κ1) is 9.92. The van der Waals surface area contributed by atoms with Crippen LogP contribution in [0, 0.1) is 6.92 Å². The van der Waals surface area contributed by atoms with Crippen molar-refractivity contribution in [1.82, 2.24) is 0 Å². The molecule has 0 aliphatic rings. The monoisotopic (exact) mass is 198 g/mol. The molecule has 0 bridgehead atoms. The summed E-state index contributed by atoms with van der Waals surface area (Å²) < 4.78 is 21.7. The highest BCUT2D eigenvalue weighted by molar-refractivity contribution is 8.06. The van der Waals surface area contributed by atoms with Crippen molar-refractivity contribution < 1.29 is 13.2 Å². The normalized spacial score (nSPS) is 11.2. The van der Waals surface area contributed by atoms with Crippen LogP contribution in [0.2, 0.25) is 0 Å². The second-order valence-corrected chi connectivity index (χ2v) is 4.84. The Kier molecular flexibility index (Phi) is 2.52. The maximum atomic E-state index is 11.2. The molecule has 0 unspecified atom stereocenters. The van der Waals surface area contributed by atoms with Gasteiger partial charge in [0.2, 0.25) is 9.84 Å². The second-order valence-electron chi connectivity index (χ2n) is 2.93. The van der Waals surface area contributed by atoms with Crippen LogP contribution < -0.4 is 0 Å². The summed E-state index contributed by atoms with van der Waals surface area (Å²) in [6.07, 6.45) is 0.912. The van der Waals surface area contributed by atoms with Crippen LogP contribution in [-0.2, 0) is 9.84 Å². The predicted molar refractivity (Wildman–Crippen MR) is 50.4 cm³/mol. The Morgan fingerprint density at radius 1 is 1.15 bits per heavy atom. The predicted octanol–water partition coefficient (Wildman–Crippen LogP) is 1.18. The molecule has 0 atom stereocenters. The molecule has 1 rings (SSSR count). The molecule has 0 N–H and O–H groups in total. The van der Waals surface area contributed by atoms with E-state index in [4.69, 9.17) is 0 Å². The summed E-state index contributed by atoms with van der Waals surface area (Å²) >= 11 is 0. The molecule has 13 heavy (non-hydrogen) atoms. The van der Waals surface area contributed by atoms with E-state index in [0.29, 0.717) is 0 Å². The summed E-state index contributed by atoms with van der Waals surface area (Å²) in [5.74, 6) is 0. The lowest BCUT2D eigenvalue weighted by atomic mass is 10.2. The van der Waals surface area contributed by atoms with E-state index in [1.165, 1.54) is 12.1 Å². The summed E-state index contributed by atoms with van der Waals surface area (Å²) in [6.45, 7) is 1.87. The summed E-state index contributed by atoms with van der Waals surface area (Å²) in [6, 6.07) is 6.44. The lowest BCUT2D eigenvalue weighted by Gasteiger charge is -1.97. The number of benzene rings is 1. The first-order valence-electron chi connectivity index (χ1n) is 3.72. The third kappa shape index (κ3) is 2.39. The van der Waals surface area contributed by atoms with Gasteiger partial charge in [-0.3, -0.25) is 4.79 Å². The highest BCUT2D eigenvalue weighted by Gasteiger charge is 2.17. The third-order valence-electron chi connectivity index (χ3n) is 1.62. The summed E-state index contributed by atoms with van der Waals surface area (Å²) in [5.41, 5.74) is 1.21. The maximum absolute atomic E-state index is 11.2. The molecule has 0 saturated heterocycles. The van der Waals surface area contributed by atoms with E-state index >= 15 is 0 Å². The van der Waals surface area contributed by atoms with E-state index in [-0.39, 0.29) is 5.56 Å². The fourth-order valence-electron chi connectivity index (χ4n) is 0.904. The van der Waals surface area contributed by atoms with Crippen LogP contribution in [0.1, 0.15) is 15.9 Å². The molecule has 0 aliphatic carbocycles. The fraction of sp³-hybridized carbons (Fsp3) is 0.222. The van der Waals surface area contributed by atoms with Crippen LogP contribution in [0.25, 0.3) is 0 Å². The average molecular weight is 198 g/mol. The highest BCUT2D eigenvalue weighted by Crippen LogP contribution is 2.06. The summed E-state index contributed by atoms with van der Waals surface area (Å²) in [5, 5.41) is -0.826. The Morgan fingerprint density at radius 3 is 2.00 bits per heavy atom. The SMILES string of the molecule is Cc1ccc(C(=O)S(C)(=O)=O)cc1. The van der Waals surface area contributed by atoms with E-state index < -0.39 is 15.0 Å². The zero-order valence-electron chi connectivity index (χ0n) is 7.44. The molecule has 0 radical (unpaired) electrons. The van der Waals surface area contributed by atoms with E-state index in [1.807, 2.05) is 6.92 Å². The van der Waals surface area contributed by atoms with Gasteiger partial charge < -0.3 is 0 Å². The van der Waals surface area contributed by atoms with Crippen molar-refractivity contribution in [2.45, 2.75) is 6.92 Å². The van der Waals surface area contributed by atoms with Gasteiger partial charge in [0.15, 0.2) is 0 Å². The van der Waals surface area contributed by atoms with Gasteiger partial charge in [0.05, 0.1) is 0 Å². The summed E-state index contributed by atoms with van der Waals surface area (Å²) in [7, 11) is -3.61. The molecule has 0 heterocycles. The van der Waals surface area contributed by atoms with Crippen LogP contribution in [0.15, 0.2) is 24.3 Å². The second kappa shape index (κ2) is 3.30. The third-order valence-corrected chi connectivity index (χ3v) is 2.53. The first-order valence-corrected chi connectivity index (χ1v) is 5.61. The minimum atomic E-state index is -3.61. The molecule has 0 amide bonds. The lowest BCUT2D eigenvalue weighted by Crippen LogP contribution is -2.12. The minimum Gasteiger partial charge on any atom is -0.276 e. The number of carbonyl (C=O) groups excluding carboxylic acids is 1. The van der Waals surface area contributed by atoms with Crippen molar-refractivity contribution in [3.05, 3.63) is 35.4 Å².